The van der Waals surface area contributed by atoms with Gasteiger partial charge in [0.15, 0.2) is 0 Å². The zero-order valence-corrected chi connectivity index (χ0v) is 37.5. The second kappa shape index (κ2) is 25.7. The van der Waals surface area contributed by atoms with Crippen molar-refractivity contribution in [1.82, 2.24) is 26.3 Å². The maximum absolute atomic E-state index is 14.1. The highest BCUT2D eigenvalue weighted by atomic mass is 16.6. The standard InChI is InChI=1S/C49H59N7O9/c1-33-14-9-10-18-38(33)56-48(63)52-37-23-20-35(21-24-37)31-43(58)53-39(19-11-12-29-51-42(57)26-22-36-17-13-28-50-32-36)45(60)54-40(25-27-44(59)64-5)46(61)55-41(47(62)65-49(2,3)4)30-34-15-7-6-8-16-34/h6-10,13-18,20-24,26,28,32,39-41H,11-12,19,25,27,29-31H2,1-5H3,(H,51,57)(H,53,58)(H,54,60)(H,55,61)(H2,52,56,63)/b26-22+/t39-,40-,41-/m0/s1. The van der Waals surface area contributed by atoms with E-state index in [1.807, 2.05) is 37.3 Å². The summed E-state index contributed by atoms with van der Waals surface area (Å²) in [7, 11) is 1.20. The number of nitrogens with one attached hydrogen (secondary N) is 6. The van der Waals surface area contributed by atoms with Crippen LogP contribution in [0.4, 0.5) is 16.2 Å². The van der Waals surface area contributed by atoms with Crippen molar-refractivity contribution in [3.63, 3.8) is 0 Å². The lowest BCUT2D eigenvalue weighted by molar-refractivity contribution is -0.158. The van der Waals surface area contributed by atoms with E-state index in [0.29, 0.717) is 29.8 Å². The van der Waals surface area contributed by atoms with E-state index in [9.17, 15) is 33.6 Å². The molecule has 0 radical (unpaired) electrons. The summed E-state index contributed by atoms with van der Waals surface area (Å²) in [6, 6.07) is 22.6. The molecule has 0 aliphatic rings. The number of unbranched alkanes of at least 4 members (excludes halogenated alkanes) is 1. The number of nitrogens with zero attached hydrogens (tertiary/aromatic N) is 1. The molecular weight excluding hydrogens is 831 g/mol. The maximum atomic E-state index is 14.1. The highest BCUT2D eigenvalue weighted by Gasteiger charge is 2.32. The molecule has 3 atom stereocenters. The molecule has 6 amide bonds. The van der Waals surface area contributed by atoms with Crippen LogP contribution < -0.4 is 31.9 Å². The number of aromatic nitrogens is 1. The Morgan fingerprint density at radius 3 is 2.06 bits per heavy atom. The summed E-state index contributed by atoms with van der Waals surface area (Å²) in [5.74, 6) is -3.58. The van der Waals surface area contributed by atoms with E-state index < -0.39 is 59.4 Å². The second-order valence-corrected chi connectivity index (χ2v) is 16.3. The number of carbonyl (C=O) groups is 7. The lowest BCUT2D eigenvalue weighted by Crippen LogP contribution is -2.56. The predicted octanol–water partition coefficient (Wildman–Crippen LogP) is 5.57. The van der Waals surface area contributed by atoms with Crippen molar-refractivity contribution in [2.45, 2.75) is 96.4 Å². The summed E-state index contributed by atoms with van der Waals surface area (Å²) >= 11 is 0. The van der Waals surface area contributed by atoms with Crippen molar-refractivity contribution in [3.05, 3.63) is 132 Å². The molecular formula is C49H59N7O9. The minimum Gasteiger partial charge on any atom is -0.469 e. The summed E-state index contributed by atoms with van der Waals surface area (Å²) in [5.41, 5.74) is 3.30. The molecule has 16 heteroatoms. The van der Waals surface area contributed by atoms with Gasteiger partial charge < -0.3 is 41.4 Å². The van der Waals surface area contributed by atoms with E-state index in [1.54, 1.807) is 99.9 Å². The molecule has 1 aromatic heterocycles. The van der Waals surface area contributed by atoms with Crippen LogP contribution in [0.15, 0.2) is 109 Å². The van der Waals surface area contributed by atoms with Gasteiger partial charge in [-0.2, -0.15) is 0 Å². The molecule has 0 saturated heterocycles. The van der Waals surface area contributed by atoms with Crippen LogP contribution in [0.1, 0.15) is 75.1 Å². The van der Waals surface area contributed by atoms with Gasteiger partial charge in [0, 0.05) is 49.2 Å². The molecule has 0 bridgehead atoms. The van der Waals surface area contributed by atoms with Gasteiger partial charge in [0.05, 0.1) is 13.5 Å². The van der Waals surface area contributed by atoms with Gasteiger partial charge in [0.25, 0.3) is 0 Å². The van der Waals surface area contributed by atoms with Gasteiger partial charge in [-0.3, -0.25) is 29.0 Å². The van der Waals surface area contributed by atoms with Gasteiger partial charge in [0.2, 0.25) is 23.6 Å². The Balaban J connectivity index is 1.46. The highest BCUT2D eigenvalue weighted by molar-refractivity contribution is 6.00. The van der Waals surface area contributed by atoms with Crippen LogP contribution in [0.5, 0.6) is 0 Å². The number of amides is 6. The number of esters is 2. The number of aryl methyl sites for hydroxylation is 1. The number of urea groups is 1. The molecule has 344 valence electrons. The van der Waals surface area contributed by atoms with Crippen molar-refractivity contribution in [2.75, 3.05) is 24.3 Å². The molecule has 0 saturated carbocycles. The third kappa shape index (κ3) is 18.9. The topological polar surface area (TPSA) is 223 Å². The van der Waals surface area contributed by atoms with Crippen LogP contribution in [0.2, 0.25) is 0 Å². The molecule has 16 nitrogen and oxygen atoms in total. The maximum Gasteiger partial charge on any atom is 0.329 e. The van der Waals surface area contributed by atoms with Gasteiger partial charge in [-0.05, 0) is 106 Å². The van der Waals surface area contributed by atoms with Gasteiger partial charge in [0.1, 0.15) is 23.7 Å². The van der Waals surface area contributed by atoms with Crippen LogP contribution in [-0.2, 0) is 51.1 Å². The molecule has 0 spiro atoms. The number of hydrogen-bond donors (Lipinski definition) is 6. The van der Waals surface area contributed by atoms with Gasteiger partial charge in [-0.25, -0.2) is 9.59 Å². The van der Waals surface area contributed by atoms with Gasteiger partial charge >= 0.3 is 18.0 Å². The smallest absolute Gasteiger partial charge is 0.329 e. The lowest BCUT2D eigenvalue weighted by Gasteiger charge is -2.27. The average molecular weight is 890 g/mol. The first kappa shape index (κ1) is 50.3. The fourth-order valence-corrected chi connectivity index (χ4v) is 6.39. The number of benzene rings is 3. The molecule has 65 heavy (non-hydrogen) atoms. The van der Waals surface area contributed by atoms with Crippen LogP contribution in [0.25, 0.3) is 6.08 Å². The fourth-order valence-electron chi connectivity index (χ4n) is 6.39. The SMILES string of the molecule is COC(=O)CC[C@H](NC(=O)[C@H](CCCCNC(=O)/C=C/c1cccnc1)NC(=O)Cc1ccc(NC(=O)Nc2ccccc2C)cc1)C(=O)N[C@@H](Cc1ccccc1)C(=O)OC(C)(C)C. The second-order valence-electron chi connectivity index (χ2n) is 16.3. The molecule has 0 aliphatic carbocycles. The number of hydrogen-bond acceptors (Lipinski definition) is 10. The number of ether oxygens (including phenoxy) is 2. The molecule has 0 fully saturated rings. The monoisotopic (exact) mass is 889 g/mol. The average Bonchev–Trinajstić information content (AvgIpc) is 3.27. The van der Waals surface area contributed by atoms with Crippen molar-refractivity contribution < 1.29 is 43.0 Å². The Hall–Kier alpha value is -7.36. The summed E-state index contributed by atoms with van der Waals surface area (Å²) in [6.45, 7) is 7.27. The molecule has 4 aromatic rings. The van der Waals surface area contributed by atoms with Gasteiger partial charge in [-0.1, -0.05) is 66.7 Å². The number of rotatable bonds is 22. The quantitative estimate of drug-likeness (QED) is 0.0327. The number of para-hydroxylation sites is 1. The Morgan fingerprint density at radius 1 is 0.723 bits per heavy atom. The summed E-state index contributed by atoms with van der Waals surface area (Å²) < 4.78 is 10.4. The van der Waals surface area contributed by atoms with E-state index in [1.165, 1.54) is 13.2 Å². The number of pyridine rings is 1. The molecule has 4 rings (SSSR count). The molecule has 0 aliphatic heterocycles. The zero-order chi connectivity index (χ0) is 47.2. The van der Waals surface area contributed by atoms with E-state index in [2.05, 4.69) is 36.9 Å². The van der Waals surface area contributed by atoms with Crippen LogP contribution in [0.3, 0.4) is 0 Å². The summed E-state index contributed by atoms with van der Waals surface area (Å²) in [6.07, 6.45) is 6.77. The summed E-state index contributed by atoms with van der Waals surface area (Å²) in [5, 5.41) is 16.6. The first-order valence-corrected chi connectivity index (χ1v) is 21.4. The largest absolute Gasteiger partial charge is 0.469 e. The lowest BCUT2D eigenvalue weighted by atomic mass is 10.0. The van der Waals surface area contributed by atoms with Gasteiger partial charge in [-0.15, -0.1) is 0 Å². The third-order valence-electron chi connectivity index (χ3n) is 9.74. The highest BCUT2D eigenvalue weighted by Crippen LogP contribution is 2.16. The Morgan fingerprint density at radius 2 is 1.40 bits per heavy atom. The molecule has 3 aromatic carbocycles. The normalized spacial score (nSPS) is 12.4. The van der Waals surface area contributed by atoms with Crippen LogP contribution in [0, 0.1) is 6.92 Å². The third-order valence-corrected chi connectivity index (χ3v) is 9.74. The Labute approximate surface area is 379 Å². The van der Waals surface area contributed by atoms with Crippen molar-refractivity contribution in [1.29, 1.82) is 0 Å². The molecule has 1 heterocycles. The number of carbonyl (C=O) groups excluding carboxylic acids is 7. The first-order valence-electron chi connectivity index (χ1n) is 21.4. The number of methoxy groups -OCH3 is 1. The van der Waals surface area contributed by atoms with Crippen molar-refractivity contribution >= 4 is 59.0 Å². The van der Waals surface area contributed by atoms with E-state index in [4.69, 9.17) is 9.47 Å². The first-order chi connectivity index (χ1) is 31.1. The Bertz CT molecular complexity index is 2250. The number of anilines is 2. The van der Waals surface area contributed by atoms with E-state index in [-0.39, 0.29) is 44.6 Å². The minimum absolute atomic E-state index is 0.0886. The summed E-state index contributed by atoms with van der Waals surface area (Å²) in [4.78, 5) is 96.4. The fraction of sp³-hybridized carbons (Fsp3) is 0.347. The van der Waals surface area contributed by atoms with Crippen molar-refractivity contribution in [2.24, 2.45) is 0 Å². The molecule has 0 unspecified atom stereocenters. The van der Waals surface area contributed by atoms with E-state index >= 15 is 0 Å². The zero-order valence-electron chi connectivity index (χ0n) is 37.5. The van der Waals surface area contributed by atoms with Crippen LogP contribution in [-0.4, -0.2) is 84.0 Å². The Kier molecular flexibility index (Phi) is 19.9. The molecule has 6 N–H and O–H groups in total. The predicted molar refractivity (Wildman–Crippen MR) is 247 cm³/mol. The van der Waals surface area contributed by atoms with E-state index in [0.717, 1.165) is 16.7 Å². The van der Waals surface area contributed by atoms with Crippen LogP contribution >= 0.6 is 0 Å². The minimum atomic E-state index is -1.32. The van der Waals surface area contributed by atoms with Crippen molar-refractivity contribution in [3.8, 4) is 0 Å².